The van der Waals surface area contributed by atoms with E-state index in [9.17, 15) is 13.2 Å². The number of sulfone groups is 1. The molecule has 0 atom stereocenters. The molecule has 4 nitrogen and oxygen atoms in total. The van der Waals surface area contributed by atoms with Crippen LogP contribution < -0.4 is 5.32 Å². The van der Waals surface area contributed by atoms with Crippen LogP contribution in [0.2, 0.25) is 5.02 Å². The van der Waals surface area contributed by atoms with Gasteiger partial charge in [-0.3, -0.25) is 4.79 Å². The molecule has 0 spiro atoms. The number of carbonyl (C=O) groups is 1. The zero-order chi connectivity index (χ0) is 17.4. The van der Waals surface area contributed by atoms with Crippen molar-refractivity contribution < 1.29 is 13.2 Å². The van der Waals surface area contributed by atoms with Crippen LogP contribution in [0.4, 0.5) is 0 Å². The van der Waals surface area contributed by atoms with Crippen molar-refractivity contribution in [3.05, 3.63) is 65.2 Å². The van der Waals surface area contributed by atoms with Gasteiger partial charge in [-0.25, -0.2) is 8.42 Å². The highest BCUT2D eigenvalue weighted by molar-refractivity contribution is 7.99. The van der Waals surface area contributed by atoms with Gasteiger partial charge in [-0.2, -0.15) is 0 Å². The third-order valence-electron chi connectivity index (χ3n) is 3.19. The minimum absolute atomic E-state index is 0.105. The number of benzene rings is 2. The zero-order valence-electron chi connectivity index (χ0n) is 12.9. The number of thioether (sulfide) groups is 1. The maximum absolute atomic E-state index is 12.1. The number of hydrogen-bond donors (Lipinski definition) is 1. The molecule has 0 aliphatic carbocycles. The lowest BCUT2D eigenvalue weighted by molar-refractivity contribution is -0.118. The fourth-order valence-corrected chi connectivity index (χ4v) is 4.21. The molecule has 2 aromatic rings. The van der Waals surface area contributed by atoms with Gasteiger partial charge in [0.25, 0.3) is 0 Å². The van der Waals surface area contributed by atoms with Gasteiger partial charge in [-0.05, 0) is 29.8 Å². The van der Waals surface area contributed by atoms with Crippen molar-refractivity contribution >= 4 is 39.1 Å². The first-order chi connectivity index (χ1) is 11.5. The second kappa shape index (κ2) is 9.11. The Labute approximate surface area is 151 Å². The second-order valence-electron chi connectivity index (χ2n) is 5.10. The van der Waals surface area contributed by atoms with Gasteiger partial charge in [0.05, 0.1) is 16.4 Å². The summed E-state index contributed by atoms with van der Waals surface area (Å²) in [6.07, 6.45) is 0. The largest absolute Gasteiger partial charge is 0.354 e. The number of amides is 1. The van der Waals surface area contributed by atoms with E-state index in [0.717, 1.165) is 5.56 Å². The van der Waals surface area contributed by atoms with Crippen LogP contribution in [-0.4, -0.2) is 32.4 Å². The fourth-order valence-electron chi connectivity index (χ4n) is 2.01. The highest BCUT2D eigenvalue weighted by Crippen LogP contribution is 2.16. The molecule has 24 heavy (non-hydrogen) atoms. The Hall–Kier alpha value is -1.50. The first-order valence-electron chi connectivity index (χ1n) is 7.34. The van der Waals surface area contributed by atoms with Gasteiger partial charge in [0.1, 0.15) is 0 Å². The van der Waals surface area contributed by atoms with Crippen LogP contribution in [0.3, 0.4) is 0 Å². The monoisotopic (exact) mass is 383 g/mol. The predicted molar refractivity (Wildman–Crippen MR) is 99.1 cm³/mol. The number of hydrogen-bond acceptors (Lipinski definition) is 4. The molecule has 0 saturated heterocycles. The van der Waals surface area contributed by atoms with Gasteiger partial charge in [0, 0.05) is 17.3 Å². The minimum Gasteiger partial charge on any atom is -0.354 e. The third kappa shape index (κ3) is 6.19. The minimum atomic E-state index is -3.36. The average Bonchev–Trinajstić information content (AvgIpc) is 2.55. The maximum atomic E-state index is 12.1. The molecule has 0 bridgehead atoms. The van der Waals surface area contributed by atoms with E-state index in [2.05, 4.69) is 5.32 Å². The van der Waals surface area contributed by atoms with Gasteiger partial charge < -0.3 is 5.32 Å². The Balaban J connectivity index is 1.70. The molecule has 0 aliphatic rings. The summed E-state index contributed by atoms with van der Waals surface area (Å²) in [5.74, 6) is 0.668. The molecule has 7 heteroatoms. The Bertz CT molecular complexity index is 779. The van der Waals surface area contributed by atoms with Crippen molar-refractivity contribution in [2.75, 3.05) is 18.1 Å². The van der Waals surface area contributed by atoms with E-state index in [0.29, 0.717) is 10.8 Å². The molecule has 0 aliphatic heterocycles. The van der Waals surface area contributed by atoms with Gasteiger partial charge in [-0.15, -0.1) is 11.8 Å². The van der Waals surface area contributed by atoms with E-state index in [-0.39, 0.29) is 28.9 Å². The Morgan fingerprint density at radius 3 is 2.54 bits per heavy atom. The van der Waals surface area contributed by atoms with Gasteiger partial charge >= 0.3 is 0 Å². The van der Waals surface area contributed by atoms with Crippen molar-refractivity contribution in [1.82, 2.24) is 5.32 Å². The molecule has 1 N–H and O–H groups in total. The van der Waals surface area contributed by atoms with Crippen LogP contribution in [-0.2, 0) is 20.4 Å². The fraction of sp³-hybridized carbons (Fsp3) is 0.235. The summed E-state index contributed by atoms with van der Waals surface area (Å²) in [5, 5.41) is 3.31. The molecular formula is C17H18ClNO3S2. The summed E-state index contributed by atoms with van der Waals surface area (Å²) in [5.41, 5.74) is 1.05. The molecule has 0 radical (unpaired) electrons. The maximum Gasteiger partial charge on any atom is 0.230 e. The first kappa shape index (κ1) is 18.8. The lowest BCUT2D eigenvalue weighted by Crippen LogP contribution is -2.30. The summed E-state index contributed by atoms with van der Waals surface area (Å²) in [7, 11) is -3.36. The van der Waals surface area contributed by atoms with Crippen molar-refractivity contribution in [3.63, 3.8) is 0 Å². The van der Waals surface area contributed by atoms with Crippen LogP contribution in [0.1, 0.15) is 5.56 Å². The third-order valence-corrected chi connectivity index (χ3v) is 6.16. The topological polar surface area (TPSA) is 63.2 Å². The van der Waals surface area contributed by atoms with Crippen molar-refractivity contribution in [3.8, 4) is 0 Å². The Morgan fingerprint density at radius 1 is 1.08 bits per heavy atom. The van der Waals surface area contributed by atoms with E-state index in [1.807, 2.05) is 18.2 Å². The normalized spacial score (nSPS) is 11.2. The summed E-state index contributed by atoms with van der Waals surface area (Å²) in [6, 6.07) is 15.7. The van der Waals surface area contributed by atoms with E-state index < -0.39 is 9.84 Å². The van der Waals surface area contributed by atoms with Crippen molar-refractivity contribution in [2.24, 2.45) is 0 Å². The molecule has 0 unspecified atom stereocenters. The van der Waals surface area contributed by atoms with Crippen LogP contribution in [0.15, 0.2) is 59.5 Å². The average molecular weight is 384 g/mol. The quantitative estimate of drug-likeness (QED) is 0.760. The van der Waals surface area contributed by atoms with Gasteiger partial charge in [0.2, 0.25) is 5.91 Å². The number of halogens is 1. The number of carbonyl (C=O) groups excluding carboxylic acids is 1. The van der Waals surface area contributed by atoms with Crippen LogP contribution in [0, 0.1) is 0 Å². The van der Waals surface area contributed by atoms with Crippen molar-refractivity contribution in [2.45, 2.75) is 10.6 Å². The van der Waals surface area contributed by atoms with E-state index >= 15 is 0 Å². The standard InChI is InChI=1S/C17H18ClNO3S2/c18-15-6-4-5-14(11-15)12-23-13-17(20)19-9-10-24(21,22)16-7-2-1-3-8-16/h1-8,11H,9-10,12-13H2,(H,19,20). The lowest BCUT2D eigenvalue weighted by atomic mass is 10.2. The first-order valence-corrected chi connectivity index (χ1v) is 10.5. The van der Waals surface area contributed by atoms with E-state index in [1.54, 1.807) is 36.4 Å². The molecule has 2 rings (SSSR count). The molecular weight excluding hydrogens is 366 g/mol. The highest BCUT2D eigenvalue weighted by atomic mass is 35.5. The smallest absolute Gasteiger partial charge is 0.230 e. The van der Waals surface area contributed by atoms with Gasteiger partial charge in [0.15, 0.2) is 9.84 Å². The molecule has 128 valence electrons. The molecule has 0 heterocycles. The van der Waals surface area contributed by atoms with Crippen LogP contribution in [0.5, 0.6) is 0 Å². The summed E-state index contributed by atoms with van der Waals surface area (Å²) in [6.45, 7) is 0.105. The number of nitrogens with one attached hydrogen (secondary N) is 1. The molecule has 0 saturated carbocycles. The lowest BCUT2D eigenvalue weighted by Gasteiger charge is -2.07. The second-order valence-corrected chi connectivity index (χ2v) is 8.64. The predicted octanol–water partition coefficient (Wildman–Crippen LogP) is 3.16. The number of rotatable bonds is 8. The summed E-state index contributed by atoms with van der Waals surface area (Å²) < 4.78 is 24.2. The van der Waals surface area contributed by atoms with Gasteiger partial charge in [-0.1, -0.05) is 41.9 Å². The van der Waals surface area contributed by atoms with E-state index in [1.165, 1.54) is 11.8 Å². The SMILES string of the molecule is O=C(CSCc1cccc(Cl)c1)NCCS(=O)(=O)c1ccccc1. The van der Waals surface area contributed by atoms with Crippen LogP contribution in [0.25, 0.3) is 0 Å². The van der Waals surface area contributed by atoms with Crippen molar-refractivity contribution in [1.29, 1.82) is 0 Å². The van der Waals surface area contributed by atoms with Crippen LogP contribution >= 0.6 is 23.4 Å². The summed E-state index contributed by atoms with van der Waals surface area (Å²) in [4.78, 5) is 12.0. The molecule has 2 aromatic carbocycles. The molecule has 0 fully saturated rings. The highest BCUT2D eigenvalue weighted by Gasteiger charge is 2.13. The summed E-state index contributed by atoms with van der Waals surface area (Å²) >= 11 is 7.36. The Morgan fingerprint density at radius 2 is 1.83 bits per heavy atom. The molecule has 1 amide bonds. The zero-order valence-corrected chi connectivity index (χ0v) is 15.3. The Kier molecular flexibility index (Phi) is 7.15. The molecule has 0 aromatic heterocycles. The van der Waals surface area contributed by atoms with E-state index in [4.69, 9.17) is 11.6 Å².